The molecule has 5 nitrogen and oxygen atoms in total. The third kappa shape index (κ3) is 2.67. The maximum Gasteiger partial charge on any atom is 0.244 e. The first-order valence-corrected chi connectivity index (χ1v) is 8.21. The smallest absolute Gasteiger partial charge is 0.244 e. The molecule has 0 spiro atoms. The van der Waals surface area contributed by atoms with E-state index in [1.54, 1.807) is 10.9 Å². The van der Waals surface area contributed by atoms with Crippen LogP contribution in [0.25, 0.3) is 10.9 Å². The summed E-state index contributed by atoms with van der Waals surface area (Å²) >= 11 is 0. The van der Waals surface area contributed by atoms with Crippen LogP contribution in [0.1, 0.15) is 11.5 Å². The van der Waals surface area contributed by atoms with Gasteiger partial charge in [-0.15, -0.1) is 0 Å². The number of amides is 1. The first kappa shape index (κ1) is 14.9. The highest BCUT2D eigenvalue weighted by molar-refractivity contribution is 5.82. The quantitative estimate of drug-likeness (QED) is 0.803. The van der Waals surface area contributed by atoms with E-state index in [2.05, 4.69) is 17.2 Å². The van der Waals surface area contributed by atoms with Crippen LogP contribution in [0.15, 0.2) is 60.8 Å². The number of benzene rings is 2. The summed E-state index contributed by atoms with van der Waals surface area (Å²) in [6, 6.07) is 18.1. The van der Waals surface area contributed by atoms with Crippen LogP contribution in [0.3, 0.4) is 0 Å². The van der Waals surface area contributed by atoms with Crippen LogP contribution in [-0.4, -0.2) is 39.7 Å². The molecular formula is C19H20N4O. The lowest BCUT2D eigenvalue weighted by Gasteiger charge is -2.17. The summed E-state index contributed by atoms with van der Waals surface area (Å²) in [5, 5.41) is 5.39. The van der Waals surface area contributed by atoms with Crippen LogP contribution in [0.5, 0.6) is 0 Å². The standard InChI is InChI=1S/C19H20N4O/c20-17-12-22(11-16(17)14-6-2-1-3-7-14)19(24)13-23-18-9-5-4-8-15(18)10-21-23/h1-10,16-17H,11-13,20H2/t16-,17+/m0/s1. The molecule has 2 heterocycles. The largest absolute Gasteiger partial charge is 0.339 e. The van der Waals surface area contributed by atoms with E-state index in [-0.39, 0.29) is 24.4 Å². The van der Waals surface area contributed by atoms with Crippen molar-refractivity contribution < 1.29 is 4.79 Å². The number of aromatic nitrogens is 2. The lowest BCUT2D eigenvalue weighted by Crippen LogP contribution is -2.34. The molecule has 1 saturated heterocycles. The van der Waals surface area contributed by atoms with E-state index in [9.17, 15) is 4.79 Å². The molecule has 1 aliphatic rings. The van der Waals surface area contributed by atoms with E-state index in [4.69, 9.17) is 5.73 Å². The molecule has 122 valence electrons. The number of nitrogens with two attached hydrogens (primary N) is 1. The highest BCUT2D eigenvalue weighted by Gasteiger charge is 2.33. The summed E-state index contributed by atoms with van der Waals surface area (Å²) in [7, 11) is 0. The van der Waals surface area contributed by atoms with E-state index in [0.29, 0.717) is 13.1 Å². The summed E-state index contributed by atoms with van der Waals surface area (Å²) in [5.74, 6) is 0.266. The molecule has 5 heteroatoms. The highest BCUT2D eigenvalue weighted by Crippen LogP contribution is 2.26. The van der Waals surface area contributed by atoms with Gasteiger partial charge in [-0.3, -0.25) is 9.48 Å². The zero-order valence-corrected chi connectivity index (χ0v) is 13.4. The van der Waals surface area contributed by atoms with Gasteiger partial charge in [0, 0.05) is 30.4 Å². The molecule has 0 bridgehead atoms. The second-order valence-electron chi connectivity index (χ2n) is 6.34. The van der Waals surface area contributed by atoms with Crippen LogP contribution in [-0.2, 0) is 11.3 Å². The third-order valence-electron chi connectivity index (χ3n) is 4.78. The van der Waals surface area contributed by atoms with Gasteiger partial charge in [0.15, 0.2) is 0 Å². The van der Waals surface area contributed by atoms with Gasteiger partial charge in [0.2, 0.25) is 5.91 Å². The van der Waals surface area contributed by atoms with Crippen LogP contribution >= 0.6 is 0 Å². The summed E-state index contributed by atoms with van der Waals surface area (Å²) in [4.78, 5) is 14.5. The second-order valence-corrected chi connectivity index (χ2v) is 6.34. The van der Waals surface area contributed by atoms with E-state index in [1.165, 1.54) is 5.56 Å². The van der Waals surface area contributed by atoms with Crippen LogP contribution in [0, 0.1) is 0 Å². The molecule has 1 amide bonds. The van der Waals surface area contributed by atoms with Crippen molar-refractivity contribution >= 4 is 16.8 Å². The Kier molecular flexibility index (Phi) is 3.78. The van der Waals surface area contributed by atoms with Crippen molar-refractivity contribution in [3.63, 3.8) is 0 Å². The molecule has 4 rings (SSSR count). The van der Waals surface area contributed by atoms with Gasteiger partial charge < -0.3 is 10.6 Å². The SMILES string of the molecule is N[C@@H]1CN(C(=O)Cn2ncc3ccccc32)C[C@H]1c1ccccc1. The average molecular weight is 320 g/mol. The molecule has 1 aliphatic heterocycles. The molecule has 2 atom stereocenters. The highest BCUT2D eigenvalue weighted by atomic mass is 16.2. The molecule has 0 saturated carbocycles. The fraction of sp³-hybridized carbons (Fsp3) is 0.263. The van der Waals surface area contributed by atoms with Crippen molar-refractivity contribution in [3.8, 4) is 0 Å². The molecular weight excluding hydrogens is 300 g/mol. The normalized spacial score (nSPS) is 20.6. The van der Waals surface area contributed by atoms with Crippen LogP contribution in [0.4, 0.5) is 0 Å². The molecule has 2 aromatic carbocycles. The number of fused-ring (bicyclic) bond motifs is 1. The third-order valence-corrected chi connectivity index (χ3v) is 4.78. The van der Waals surface area contributed by atoms with Crippen molar-refractivity contribution in [2.45, 2.75) is 18.5 Å². The Balaban J connectivity index is 1.49. The summed E-state index contributed by atoms with van der Waals surface area (Å²) < 4.78 is 1.76. The number of carbonyl (C=O) groups is 1. The topological polar surface area (TPSA) is 64.2 Å². The second kappa shape index (κ2) is 6.09. The van der Waals surface area contributed by atoms with Gasteiger partial charge in [0.25, 0.3) is 0 Å². The van der Waals surface area contributed by atoms with Gasteiger partial charge in [-0.1, -0.05) is 48.5 Å². The minimum atomic E-state index is -0.0225. The van der Waals surface area contributed by atoms with Crippen molar-refractivity contribution in [1.29, 1.82) is 0 Å². The first-order valence-electron chi connectivity index (χ1n) is 8.21. The Morgan fingerprint density at radius 2 is 1.83 bits per heavy atom. The Bertz CT molecular complexity index is 858. The van der Waals surface area contributed by atoms with Gasteiger partial charge in [-0.25, -0.2) is 0 Å². The van der Waals surface area contributed by atoms with E-state index >= 15 is 0 Å². The molecule has 2 N–H and O–H groups in total. The Morgan fingerprint density at radius 1 is 1.08 bits per heavy atom. The molecule has 0 radical (unpaired) electrons. The van der Waals surface area contributed by atoms with E-state index in [1.807, 2.05) is 47.4 Å². The predicted molar refractivity (Wildman–Crippen MR) is 93.5 cm³/mol. The van der Waals surface area contributed by atoms with Crippen molar-refractivity contribution in [1.82, 2.24) is 14.7 Å². The fourth-order valence-electron chi connectivity index (χ4n) is 3.47. The summed E-state index contributed by atoms with van der Waals surface area (Å²) in [6.45, 7) is 1.52. The number of carbonyl (C=O) groups excluding carboxylic acids is 1. The Morgan fingerprint density at radius 3 is 2.67 bits per heavy atom. The lowest BCUT2D eigenvalue weighted by atomic mass is 9.95. The monoisotopic (exact) mass is 320 g/mol. The minimum Gasteiger partial charge on any atom is -0.339 e. The lowest BCUT2D eigenvalue weighted by molar-refractivity contribution is -0.131. The van der Waals surface area contributed by atoms with Gasteiger partial charge >= 0.3 is 0 Å². The van der Waals surface area contributed by atoms with Crippen molar-refractivity contribution in [2.24, 2.45) is 5.73 Å². The summed E-state index contributed by atoms with van der Waals surface area (Å²) in [5.41, 5.74) is 8.47. The number of para-hydroxylation sites is 1. The maximum atomic E-state index is 12.7. The number of nitrogens with zero attached hydrogens (tertiary/aromatic N) is 3. The molecule has 1 aromatic heterocycles. The van der Waals surface area contributed by atoms with Gasteiger partial charge in [-0.2, -0.15) is 5.10 Å². The zero-order chi connectivity index (χ0) is 16.5. The number of likely N-dealkylation sites (tertiary alicyclic amines) is 1. The number of hydrogen-bond acceptors (Lipinski definition) is 3. The maximum absolute atomic E-state index is 12.7. The Labute approximate surface area is 140 Å². The molecule has 0 aliphatic carbocycles. The van der Waals surface area contributed by atoms with Crippen molar-refractivity contribution in [2.75, 3.05) is 13.1 Å². The predicted octanol–water partition coefficient (Wildman–Crippen LogP) is 1.99. The number of hydrogen-bond donors (Lipinski definition) is 1. The number of rotatable bonds is 3. The van der Waals surface area contributed by atoms with Gasteiger partial charge in [0.05, 0.1) is 11.7 Å². The average Bonchev–Trinajstić information content (AvgIpc) is 3.20. The van der Waals surface area contributed by atoms with Crippen LogP contribution < -0.4 is 5.73 Å². The minimum absolute atomic E-state index is 0.0225. The zero-order valence-electron chi connectivity index (χ0n) is 13.4. The first-order chi connectivity index (χ1) is 11.7. The fourth-order valence-corrected chi connectivity index (χ4v) is 3.47. The van der Waals surface area contributed by atoms with E-state index < -0.39 is 0 Å². The molecule has 1 fully saturated rings. The van der Waals surface area contributed by atoms with Crippen molar-refractivity contribution in [3.05, 3.63) is 66.4 Å². The molecule has 0 unspecified atom stereocenters. The van der Waals surface area contributed by atoms with Gasteiger partial charge in [-0.05, 0) is 11.6 Å². The van der Waals surface area contributed by atoms with Crippen LogP contribution in [0.2, 0.25) is 0 Å². The Hall–Kier alpha value is -2.66. The molecule has 3 aromatic rings. The van der Waals surface area contributed by atoms with Gasteiger partial charge in [0.1, 0.15) is 6.54 Å². The summed E-state index contributed by atoms with van der Waals surface area (Å²) in [6.07, 6.45) is 1.80. The molecule has 24 heavy (non-hydrogen) atoms. The van der Waals surface area contributed by atoms with E-state index in [0.717, 1.165) is 10.9 Å².